The number of carbonyl (C=O) groups excluding carboxylic acids is 1. The highest BCUT2D eigenvalue weighted by Gasteiger charge is 2.12. The van der Waals surface area contributed by atoms with Gasteiger partial charge in [0.2, 0.25) is 17.6 Å². The van der Waals surface area contributed by atoms with Gasteiger partial charge in [0.15, 0.2) is 0 Å². The fourth-order valence-electron chi connectivity index (χ4n) is 1.63. The number of hydrogen-bond acceptors (Lipinski definition) is 6. The summed E-state index contributed by atoms with van der Waals surface area (Å²) in [5.74, 6) is 0.990. The lowest BCUT2D eigenvalue weighted by Crippen LogP contribution is -2.29. The third-order valence-corrected chi connectivity index (χ3v) is 4.43. The van der Waals surface area contributed by atoms with Gasteiger partial charge in [-0.25, -0.2) is 0 Å². The zero-order chi connectivity index (χ0) is 15.2. The molecule has 0 saturated heterocycles. The molecule has 2 rings (SSSR count). The maximum atomic E-state index is 11.6. The van der Waals surface area contributed by atoms with Crippen LogP contribution in [0.5, 0.6) is 0 Å². The molecule has 0 radical (unpaired) electrons. The highest BCUT2D eigenvalue weighted by molar-refractivity contribution is 9.10. The van der Waals surface area contributed by atoms with Crippen molar-refractivity contribution in [1.29, 1.82) is 0 Å². The van der Waals surface area contributed by atoms with E-state index in [9.17, 15) is 4.79 Å². The molecule has 0 aliphatic heterocycles. The molecule has 1 amide bonds. The van der Waals surface area contributed by atoms with Crippen molar-refractivity contribution >= 4 is 45.6 Å². The van der Waals surface area contributed by atoms with Crippen LogP contribution in [0.1, 0.15) is 25.7 Å². The summed E-state index contributed by atoms with van der Waals surface area (Å²) >= 11 is 4.91. The molecule has 2 heterocycles. The third-order valence-electron chi connectivity index (χ3n) is 2.74. The predicted octanol–water partition coefficient (Wildman–Crippen LogP) is 2.77. The quantitative estimate of drug-likeness (QED) is 0.733. The molecular formula is C13H18BrClN4O2S. The molecule has 0 aliphatic rings. The van der Waals surface area contributed by atoms with Crippen molar-refractivity contribution in [1.82, 2.24) is 15.5 Å². The predicted molar refractivity (Wildman–Crippen MR) is 92.2 cm³/mol. The van der Waals surface area contributed by atoms with Gasteiger partial charge in [0.05, 0.1) is 4.88 Å². The SMILES string of the molecule is CC(N)CCNC(=O)CCc1nc(-c2cc(Br)cs2)no1.Cl. The van der Waals surface area contributed by atoms with Crippen LogP contribution in [-0.2, 0) is 11.2 Å². The number of nitrogens with zero attached hydrogens (tertiary/aromatic N) is 2. The number of hydrogen-bond donors (Lipinski definition) is 2. The zero-order valence-corrected chi connectivity index (χ0v) is 15.3. The molecule has 122 valence electrons. The number of nitrogens with two attached hydrogens (primary N) is 1. The van der Waals surface area contributed by atoms with E-state index in [1.807, 2.05) is 18.4 Å². The Balaban J connectivity index is 0.00000242. The molecule has 1 unspecified atom stereocenters. The standard InChI is InChI=1S/C13H17BrN4O2S.ClH/c1-8(15)4-5-16-11(19)2-3-12-17-13(18-20-12)10-6-9(14)7-21-10;/h6-8H,2-5,15H2,1H3,(H,16,19);1H. The molecule has 0 spiro atoms. The van der Waals surface area contributed by atoms with Crippen molar-refractivity contribution in [3.63, 3.8) is 0 Å². The lowest BCUT2D eigenvalue weighted by Gasteiger charge is -2.06. The number of thiophene rings is 1. The van der Waals surface area contributed by atoms with E-state index in [1.165, 1.54) is 11.3 Å². The summed E-state index contributed by atoms with van der Waals surface area (Å²) in [5, 5.41) is 8.69. The Kier molecular flexibility index (Phi) is 8.02. The number of nitrogens with one attached hydrogen (secondary N) is 1. The van der Waals surface area contributed by atoms with Gasteiger partial charge in [-0.05, 0) is 35.3 Å². The van der Waals surface area contributed by atoms with Crippen LogP contribution in [0.15, 0.2) is 20.4 Å². The molecular weight excluding hydrogens is 392 g/mol. The summed E-state index contributed by atoms with van der Waals surface area (Å²) in [7, 11) is 0. The summed E-state index contributed by atoms with van der Waals surface area (Å²) in [6.07, 6.45) is 1.53. The van der Waals surface area contributed by atoms with Gasteiger partial charge in [-0.15, -0.1) is 23.7 Å². The smallest absolute Gasteiger partial charge is 0.227 e. The van der Waals surface area contributed by atoms with Gasteiger partial charge in [-0.2, -0.15) is 4.98 Å². The van der Waals surface area contributed by atoms with E-state index < -0.39 is 0 Å². The van der Waals surface area contributed by atoms with Crippen LogP contribution in [0, 0.1) is 0 Å². The molecule has 0 bridgehead atoms. The first-order valence-electron chi connectivity index (χ1n) is 6.64. The third kappa shape index (κ3) is 6.04. The summed E-state index contributed by atoms with van der Waals surface area (Å²) < 4.78 is 6.14. The molecule has 0 aliphatic carbocycles. The van der Waals surface area contributed by atoms with Gasteiger partial charge in [0.25, 0.3) is 0 Å². The summed E-state index contributed by atoms with van der Waals surface area (Å²) in [5.41, 5.74) is 5.62. The Bertz CT molecular complexity index is 602. The Hall–Kier alpha value is -0.960. The van der Waals surface area contributed by atoms with Crippen LogP contribution in [0.2, 0.25) is 0 Å². The molecule has 6 nitrogen and oxygen atoms in total. The average Bonchev–Trinajstić information content (AvgIpc) is 3.04. The lowest BCUT2D eigenvalue weighted by molar-refractivity contribution is -0.121. The maximum absolute atomic E-state index is 11.6. The second-order valence-electron chi connectivity index (χ2n) is 4.76. The van der Waals surface area contributed by atoms with E-state index >= 15 is 0 Å². The van der Waals surface area contributed by atoms with Crippen LogP contribution >= 0.6 is 39.7 Å². The zero-order valence-electron chi connectivity index (χ0n) is 12.0. The largest absolute Gasteiger partial charge is 0.356 e. The topological polar surface area (TPSA) is 94.0 Å². The highest BCUT2D eigenvalue weighted by atomic mass is 79.9. The summed E-state index contributed by atoms with van der Waals surface area (Å²) in [6.45, 7) is 2.50. The van der Waals surface area contributed by atoms with E-state index in [-0.39, 0.29) is 24.4 Å². The van der Waals surface area contributed by atoms with Gasteiger partial charge < -0.3 is 15.6 Å². The Labute approximate surface area is 147 Å². The van der Waals surface area contributed by atoms with Crippen molar-refractivity contribution in [2.75, 3.05) is 6.54 Å². The van der Waals surface area contributed by atoms with Gasteiger partial charge in [-0.3, -0.25) is 4.79 Å². The molecule has 0 aromatic carbocycles. The highest BCUT2D eigenvalue weighted by Crippen LogP contribution is 2.27. The average molecular weight is 410 g/mol. The molecule has 0 fully saturated rings. The normalized spacial score (nSPS) is 11.8. The second-order valence-corrected chi connectivity index (χ2v) is 6.58. The minimum Gasteiger partial charge on any atom is -0.356 e. The number of aryl methyl sites for hydroxylation is 1. The molecule has 3 N–H and O–H groups in total. The van der Waals surface area contributed by atoms with Crippen molar-refractivity contribution < 1.29 is 9.32 Å². The van der Waals surface area contributed by atoms with Gasteiger partial charge in [-0.1, -0.05) is 5.16 Å². The van der Waals surface area contributed by atoms with Crippen LogP contribution in [-0.4, -0.2) is 28.6 Å². The number of amides is 1. The first kappa shape index (κ1) is 19.1. The van der Waals surface area contributed by atoms with Crippen LogP contribution in [0.3, 0.4) is 0 Å². The van der Waals surface area contributed by atoms with Crippen molar-refractivity contribution in [2.24, 2.45) is 5.73 Å². The van der Waals surface area contributed by atoms with Crippen molar-refractivity contribution in [3.05, 3.63) is 21.8 Å². The molecule has 1 atom stereocenters. The Morgan fingerprint density at radius 2 is 2.36 bits per heavy atom. The number of halogens is 2. The molecule has 2 aromatic rings. The fraction of sp³-hybridized carbons (Fsp3) is 0.462. The minimum absolute atomic E-state index is 0. The molecule has 0 saturated carbocycles. The Morgan fingerprint density at radius 1 is 1.59 bits per heavy atom. The molecule has 9 heteroatoms. The van der Waals surface area contributed by atoms with E-state index in [1.54, 1.807) is 0 Å². The van der Waals surface area contributed by atoms with Crippen molar-refractivity contribution in [3.8, 4) is 10.7 Å². The fourth-order valence-corrected chi connectivity index (χ4v) is 2.99. The lowest BCUT2D eigenvalue weighted by atomic mass is 10.2. The minimum atomic E-state index is -0.0331. The number of rotatable bonds is 7. The van der Waals surface area contributed by atoms with Gasteiger partial charge in [0.1, 0.15) is 0 Å². The molecule has 22 heavy (non-hydrogen) atoms. The van der Waals surface area contributed by atoms with E-state index in [2.05, 4.69) is 31.4 Å². The number of aromatic nitrogens is 2. The van der Waals surface area contributed by atoms with Crippen molar-refractivity contribution in [2.45, 2.75) is 32.2 Å². The maximum Gasteiger partial charge on any atom is 0.227 e. The Morgan fingerprint density at radius 3 is 3.00 bits per heavy atom. The molecule has 2 aromatic heterocycles. The van der Waals surface area contributed by atoms with Gasteiger partial charge >= 0.3 is 0 Å². The summed E-state index contributed by atoms with van der Waals surface area (Å²) in [6, 6.07) is 2.02. The van der Waals surface area contributed by atoms with Crippen LogP contribution < -0.4 is 11.1 Å². The van der Waals surface area contributed by atoms with Crippen LogP contribution in [0.4, 0.5) is 0 Å². The first-order chi connectivity index (χ1) is 10.0. The second kappa shape index (κ2) is 9.24. The number of carbonyl (C=O) groups is 1. The summed E-state index contributed by atoms with van der Waals surface area (Å²) in [4.78, 5) is 16.8. The van der Waals surface area contributed by atoms with E-state index in [4.69, 9.17) is 10.3 Å². The first-order valence-corrected chi connectivity index (χ1v) is 8.31. The van der Waals surface area contributed by atoms with E-state index in [0.29, 0.717) is 31.1 Å². The van der Waals surface area contributed by atoms with Gasteiger partial charge in [0, 0.05) is 35.3 Å². The monoisotopic (exact) mass is 408 g/mol. The van der Waals surface area contributed by atoms with E-state index in [0.717, 1.165) is 15.8 Å². The van der Waals surface area contributed by atoms with Crippen LogP contribution in [0.25, 0.3) is 10.7 Å².